The monoisotopic (exact) mass is 187 g/mol. The van der Waals surface area contributed by atoms with E-state index < -0.39 is 5.82 Å². The lowest BCUT2D eigenvalue weighted by Crippen LogP contribution is -2.13. The zero-order valence-corrected chi connectivity index (χ0v) is 7.18. The van der Waals surface area contributed by atoms with Gasteiger partial charge in [-0.05, 0) is 18.2 Å². The topological polar surface area (TPSA) is 20.3 Å². The number of amides is 1. The van der Waals surface area contributed by atoms with Crippen LogP contribution in [-0.2, 0) is 4.79 Å². The molecule has 0 aliphatic heterocycles. The second-order valence-corrected chi connectivity index (χ2v) is 2.72. The highest BCUT2D eigenvalue weighted by Gasteiger charge is 2.03. The summed E-state index contributed by atoms with van der Waals surface area (Å²) < 4.78 is 12.6. The van der Waals surface area contributed by atoms with Gasteiger partial charge in [-0.1, -0.05) is 11.6 Å². The number of benzene rings is 1. The molecule has 1 amide bonds. The fourth-order valence-electron chi connectivity index (χ4n) is 0.765. The molecule has 1 aromatic rings. The molecule has 0 aliphatic carbocycles. The van der Waals surface area contributed by atoms with Gasteiger partial charge in [0, 0.05) is 12.7 Å². The molecule has 0 atom stereocenters. The van der Waals surface area contributed by atoms with Crippen LogP contribution in [0.15, 0.2) is 18.2 Å². The van der Waals surface area contributed by atoms with Crippen LogP contribution in [0, 0.1) is 5.82 Å². The molecule has 0 heterocycles. The zero-order chi connectivity index (χ0) is 9.14. The third kappa shape index (κ3) is 1.74. The third-order valence-corrected chi connectivity index (χ3v) is 1.76. The molecule has 0 unspecified atom stereocenters. The van der Waals surface area contributed by atoms with Crippen molar-refractivity contribution in [2.24, 2.45) is 0 Å². The number of anilines is 1. The van der Waals surface area contributed by atoms with Crippen LogP contribution in [-0.4, -0.2) is 13.5 Å². The molecule has 0 spiro atoms. The molecule has 1 aromatic carbocycles. The summed E-state index contributed by atoms with van der Waals surface area (Å²) >= 11 is 5.50. The van der Waals surface area contributed by atoms with Crippen molar-refractivity contribution in [1.82, 2.24) is 0 Å². The van der Waals surface area contributed by atoms with Gasteiger partial charge in [-0.2, -0.15) is 0 Å². The molecular weight excluding hydrogens is 181 g/mol. The van der Waals surface area contributed by atoms with Crippen molar-refractivity contribution in [3.05, 3.63) is 29.0 Å². The maximum absolute atomic E-state index is 12.6. The minimum Gasteiger partial charge on any atom is -0.318 e. The number of halogens is 2. The second-order valence-electron chi connectivity index (χ2n) is 2.31. The normalized spacial score (nSPS) is 9.58. The predicted molar refractivity (Wildman–Crippen MR) is 45.9 cm³/mol. The maximum Gasteiger partial charge on any atom is 0.213 e. The van der Waals surface area contributed by atoms with Crippen molar-refractivity contribution in [3.63, 3.8) is 0 Å². The number of carbonyl (C=O) groups excluding carboxylic acids is 1. The van der Waals surface area contributed by atoms with E-state index >= 15 is 0 Å². The standard InChI is InChI=1S/C8H7ClFNO/c1-11(5-12)6-2-3-8(10)7(9)4-6/h2-5H,1H3. The molecule has 4 heteroatoms. The Morgan fingerprint density at radius 3 is 2.75 bits per heavy atom. The Morgan fingerprint density at radius 2 is 2.25 bits per heavy atom. The van der Waals surface area contributed by atoms with Gasteiger partial charge in [0.15, 0.2) is 0 Å². The average Bonchev–Trinajstić information content (AvgIpc) is 2.08. The summed E-state index contributed by atoms with van der Waals surface area (Å²) in [7, 11) is 1.57. The lowest BCUT2D eigenvalue weighted by atomic mass is 10.3. The maximum atomic E-state index is 12.6. The minimum atomic E-state index is -0.486. The van der Waals surface area contributed by atoms with E-state index in [9.17, 15) is 9.18 Å². The van der Waals surface area contributed by atoms with E-state index in [2.05, 4.69) is 0 Å². The highest BCUT2D eigenvalue weighted by atomic mass is 35.5. The number of rotatable bonds is 2. The number of hydrogen-bond donors (Lipinski definition) is 0. The molecular formula is C8H7ClFNO. The van der Waals surface area contributed by atoms with Crippen LogP contribution in [0.5, 0.6) is 0 Å². The van der Waals surface area contributed by atoms with E-state index in [4.69, 9.17) is 11.6 Å². The Labute approximate surface area is 74.6 Å². The Balaban J connectivity index is 3.04. The van der Waals surface area contributed by atoms with Crippen molar-refractivity contribution >= 4 is 23.7 Å². The van der Waals surface area contributed by atoms with Crippen LogP contribution in [0.1, 0.15) is 0 Å². The predicted octanol–water partition coefficient (Wildman–Crippen LogP) is 2.07. The zero-order valence-electron chi connectivity index (χ0n) is 6.42. The molecule has 0 aliphatic rings. The molecule has 0 fully saturated rings. The first-order valence-corrected chi connectivity index (χ1v) is 3.66. The molecule has 64 valence electrons. The van der Waals surface area contributed by atoms with Crippen molar-refractivity contribution in [3.8, 4) is 0 Å². The average molecular weight is 188 g/mol. The van der Waals surface area contributed by atoms with E-state index in [1.54, 1.807) is 7.05 Å². The highest BCUT2D eigenvalue weighted by Crippen LogP contribution is 2.20. The molecule has 0 aromatic heterocycles. The summed E-state index contributed by atoms with van der Waals surface area (Å²) in [6.45, 7) is 0. The summed E-state index contributed by atoms with van der Waals surface area (Å²) in [4.78, 5) is 11.6. The van der Waals surface area contributed by atoms with E-state index in [0.29, 0.717) is 12.1 Å². The first-order chi connectivity index (χ1) is 5.65. The molecule has 0 radical (unpaired) electrons. The summed E-state index contributed by atoms with van der Waals surface area (Å²) in [5.74, 6) is -0.486. The smallest absolute Gasteiger partial charge is 0.213 e. The van der Waals surface area contributed by atoms with Gasteiger partial charge in [-0.3, -0.25) is 4.79 Å². The number of carbonyl (C=O) groups is 1. The third-order valence-electron chi connectivity index (χ3n) is 1.47. The lowest BCUT2D eigenvalue weighted by molar-refractivity contribution is -0.107. The van der Waals surface area contributed by atoms with Crippen molar-refractivity contribution in [2.75, 3.05) is 11.9 Å². The summed E-state index contributed by atoms with van der Waals surface area (Å²) in [5.41, 5.74) is 0.566. The van der Waals surface area contributed by atoms with Gasteiger partial charge in [-0.15, -0.1) is 0 Å². The Morgan fingerprint density at radius 1 is 1.58 bits per heavy atom. The molecule has 0 saturated heterocycles. The number of nitrogens with zero attached hydrogens (tertiary/aromatic N) is 1. The Hall–Kier alpha value is -1.09. The largest absolute Gasteiger partial charge is 0.318 e. The summed E-state index contributed by atoms with van der Waals surface area (Å²) in [6.07, 6.45) is 0.629. The van der Waals surface area contributed by atoms with Crippen LogP contribution in [0.2, 0.25) is 5.02 Å². The Kier molecular flexibility index (Phi) is 2.65. The molecule has 0 bridgehead atoms. The molecule has 0 N–H and O–H groups in total. The van der Waals surface area contributed by atoms with Gasteiger partial charge < -0.3 is 4.90 Å². The van der Waals surface area contributed by atoms with Crippen LogP contribution < -0.4 is 4.90 Å². The first-order valence-electron chi connectivity index (χ1n) is 3.28. The minimum absolute atomic E-state index is 0.0150. The van der Waals surface area contributed by atoms with Gasteiger partial charge >= 0.3 is 0 Å². The summed E-state index contributed by atoms with van der Waals surface area (Å²) in [6, 6.07) is 4.10. The van der Waals surface area contributed by atoms with Crippen molar-refractivity contribution < 1.29 is 9.18 Å². The van der Waals surface area contributed by atoms with Crippen LogP contribution in [0.25, 0.3) is 0 Å². The van der Waals surface area contributed by atoms with Gasteiger partial charge in [-0.25, -0.2) is 4.39 Å². The molecule has 12 heavy (non-hydrogen) atoms. The quantitative estimate of drug-likeness (QED) is 0.650. The highest BCUT2D eigenvalue weighted by molar-refractivity contribution is 6.31. The van der Waals surface area contributed by atoms with E-state index in [0.717, 1.165) is 0 Å². The van der Waals surface area contributed by atoms with Gasteiger partial charge in [0.25, 0.3) is 0 Å². The van der Waals surface area contributed by atoms with Crippen molar-refractivity contribution in [1.29, 1.82) is 0 Å². The Bertz CT molecular complexity index is 303. The van der Waals surface area contributed by atoms with E-state index in [1.807, 2.05) is 0 Å². The van der Waals surface area contributed by atoms with Gasteiger partial charge in [0.1, 0.15) is 5.82 Å². The van der Waals surface area contributed by atoms with Gasteiger partial charge in [0.2, 0.25) is 6.41 Å². The lowest BCUT2D eigenvalue weighted by Gasteiger charge is -2.10. The second kappa shape index (κ2) is 3.54. The molecule has 1 rings (SSSR count). The van der Waals surface area contributed by atoms with E-state index in [1.165, 1.54) is 23.1 Å². The first kappa shape index (κ1) is 9.00. The number of hydrogen-bond acceptors (Lipinski definition) is 1. The molecule has 0 saturated carbocycles. The van der Waals surface area contributed by atoms with E-state index in [-0.39, 0.29) is 5.02 Å². The van der Waals surface area contributed by atoms with Crippen LogP contribution in [0.4, 0.5) is 10.1 Å². The fraction of sp³-hybridized carbons (Fsp3) is 0.125. The summed E-state index contributed by atoms with van der Waals surface area (Å²) in [5, 5.41) is 0.0150. The van der Waals surface area contributed by atoms with Crippen molar-refractivity contribution in [2.45, 2.75) is 0 Å². The van der Waals surface area contributed by atoms with Crippen LogP contribution in [0.3, 0.4) is 0 Å². The SMILES string of the molecule is CN(C=O)c1ccc(F)c(Cl)c1. The van der Waals surface area contributed by atoms with Crippen LogP contribution >= 0.6 is 11.6 Å². The fourth-order valence-corrected chi connectivity index (χ4v) is 0.940. The van der Waals surface area contributed by atoms with Gasteiger partial charge in [0.05, 0.1) is 5.02 Å². The molecule has 2 nitrogen and oxygen atoms in total.